The zero-order chi connectivity index (χ0) is 20.4. The van der Waals surface area contributed by atoms with Crippen LogP contribution >= 0.6 is 0 Å². The molecule has 1 fully saturated rings. The van der Waals surface area contributed by atoms with Crippen molar-refractivity contribution in [2.24, 2.45) is 0 Å². The number of benzene rings is 1. The Morgan fingerprint density at radius 1 is 1.10 bits per heavy atom. The Morgan fingerprint density at radius 3 is 2.55 bits per heavy atom. The summed E-state index contributed by atoms with van der Waals surface area (Å²) in [5, 5.41) is 15.2. The maximum absolute atomic E-state index is 12.9. The number of rotatable bonds is 4. The largest absolute Gasteiger partial charge is 0.353 e. The number of hydrogen-bond donors (Lipinski definition) is 0. The molecule has 3 heterocycles. The highest BCUT2D eigenvalue weighted by molar-refractivity contribution is 5.96. The Bertz CT molecular complexity index is 1050. The van der Waals surface area contributed by atoms with Gasteiger partial charge in [0.05, 0.1) is 4.92 Å². The fourth-order valence-electron chi connectivity index (χ4n) is 3.32. The van der Waals surface area contributed by atoms with Crippen LogP contribution in [0.15, 0.2) is 43.2 Å². The minimum Gasteiger partial charge on any atom is -0.353 e. The van der Waals surface area contributed by atoms with Gasteiger partial charge >= 0.3 is 0 Å². The first-order valence-electron chi connectivity index (χ1n) is 9.00. The molecule has 29 heavy (non-hydrogen) atoms. The van der Waals surface area contributed by atoms with E-state index >= 15 is 0 Å². The van der Waals surface area contributed by atoms with E-state index in [9.17, 15) is 14.9 Å². The standard InChI is InChI=1S/C18H18N8O3/c1-13-14(3-2-4-15(13)26(28)29)18(27)24-7-5-23(6-8-24)16-9-17(21-11-20-16)25-12-19-10-22-25/h2-4,9-12H,5-8H2,1H3. The van der Waals surface area contributed by atoms with Crippen molar-refractivity contribution in [3.8, 4) is 5.82 Å². The summed E-state index contributed by atoms with van der Waals surface area (Å²) in [5.74, 6) is 1.15. The molecule has 0 unspecified atom stereocenters. The van der Waals surface area contributed by atoms with Crippen LogP contribution in [-0.2, 0) is 0 Å². The van der Waals surface area contributed by atoms with Gasteiger partial charge in [-0.1, -0.05) is 6.07 Å². The Hall–Kier alpha value is -3.89. The molecule has 4 rings (SSSR count). The Morgan fingerprint density at radius 2 is 1.86 bits per heavy atom. The second kappa shape index (κ2) is 7.62. The van der Waals surface area contributed by atoms with Gasteiger partial charge in [-0.3, -0.25) is 14.9 Å². The summed E-state index contributed by atoms with van der Waals surface area (Å²) in [6, 6.07) is 6.40. The Kier molecular flexibility index (Phi) is 4.85. The fourth-order valence-corrected chi connectivity index (χ4v) is 3.32. The van der Waals surface area contributed by atoms with Crippen LogP contribution in [0, 0.1) is 17.0 Å². The summed E-state index contributed by atoms with van der Waals surface area (Å²) in [5.41, 5.74) is 0.706. The molecule has 11 nitrogen and oxygen atoms in total. The summed E-state index contributed by atoms with van der Waals surface area (Å²) in [6.45, 7) is 3.77. The zero-order valence-corrected chi connectivity index (χ0v) is 15.7. The van der Waals surface area contributed by atoms with E-state index in [4.69, 9.17) is 0 Å². The molecule has 3 aromatic rings. The van der Waals surface area contributed by atoms with Gasteiger partial charge in [-0.15, -0.1) is 0 Å². The smallest absolute Gasteiger partial charge is 0.273 e. The summed E-state index contributed by atoms with van der Waals surface area (Å²) < 4.78 is 1.55. The average molecular weight is 394 g/mol. The van der Waals surface area contributed by atoms with Gasteiger partial charge in [0.2, 0.25) is 0 Å². The van der Waals surface area contributed by atoms with E-state index in [1.54, 1.807) is 35.0 Å². The molecule has 0 saturated carbocycles. The van der Waals surface area contributed by atoms with Gasteiger partial charge in [0.25, 0.3) is 11.6 Å². The number of piperazine rings is 1. The number of carbonyl (C=O) groups excluding carboxylic acids is 1. The molecule has 1 amide bonds. The first kappa shape index (κ1) is 18.5. The highest BCUT2D eigenvalue weighted by atomic mass is 16.6. The fraction of sp³-hybridized carbons (Fsp3) is 0.278. The summed E-state index contributed by atoms with van der Waals surface area (Å²) in [7, 11) is 0. The van der Waals surface area contributed by atoms with Crippen molar-refractivity contribution >= 4 is 17.4 Å². The van der Waals surface area contributed by atoms with Gasteiger partial charge in [-0.25, -0.2) is 19.6 Å². The number of nitro groups is 1. The highest BCUT2D eigenvalue weighted by Crippen LogP contribution is 2.23. The number of anilines is 1. The normalized spacial score (nSPS) is 14.1. The average Bonchev–Trinajstić information content (AvgIpc) is 3.28. The first-order chi connectivity index (χ1) is 14.0. The minimum atomic E-state index is -0.466. The molecule has 2 aromatic heterocycles. The third-order valence-electron chi connectivity index (χ3n) is 4.91. The molecule has 1 aromatic carbocycles. The van der Waals surface area contributed by atoms with Crippen molar-refractivity contribution < 1.29 is 9.72 Å². The molecule has 1 aliphatic rings. The quantitative estimate of drug-likeness (QED) is 0.478. The van der Waals surface area contributed by atoms with E-state index in [0.717, 1.165) is 5.82 Å². The van der Waals surface area contributed by atoms with Crippen molar-refractivity contribution in [2.45, 2.75) is 6.92 Å². The van der Waals surface area contributed by atoms with E-state index in [2.05, 4.69) is 25.0 Å². The highest BCUT2D eigenvalue weighted by Gasteiger charge is 2.26. The molecular weight excluding hydrogens is 376 g/mol. The van der Waals surface area contributed by atoms with Crippen molar-refractivity contribution in [3.63, 3.8) is 0 Å². The molecule has 148 valence electrons. The second-order valence-electron chi connectivity index (χ2n) is 6.56. The molecule has 0 N–H and O–H groups in total. The van der Waals surface area contributed by atoms with Gasteiger partial charge < -0.3 is 9.80 Å². The topological polar surface area (TPSA) is 123 Å². The summed E-state index contributed by atoms with van der Waals surface area (Å²) in [6.07, 6.45) is 4.46. The third kappa shape index (κ3) is 3.61. The van der Waals surface area contributed by atoms with E-state index < -0.39 is 4.92 Å². The first-order valence-corrected chi connectivity index (χ1v) is 9.00. The summed E-state index contributed by atoms with van der Waals surface area (Å²) >= 11 is 0. The minimum absolute atomic E-state index is 0.0453. The number of nitro benzene ring substituents is 1. The molecule has 0 aliphatic carbocycles. The predicted octanol–water partition coefficient (Wildman–Crippen LogP) is 1.24. The maximum atomic E-state index is 12.9. The lowest BCUT2D eigenvalue weighted by Crippen LogP contribution is -2.49. The SMILES string of the molecule is Cc1c(C(=O)N2CCN(c3cc(-n4cncn4)ncn3)CC2)cccc1[N+](=O)[O-]. The van der Waals surface area contributed by atoms with Crippen molar-refractivity contribution in [1.29, 1.82) is 0 Å². The van der Waals surface area contributed by atoms with Crippen LogP contribution in [-0.4, -0.2) is 66.6 Å². The third-order valence-corrected chi connectivity index (χ3v) is 4.91. The molecule has 11 heteroatoms. The van der Waals surface area contributed by atoms with E-state index in [0.29, 0.717) is 43.1 Å². The van der Waals surface area contributed by atoms with Crippen molar-refractivity contribution in [1.82, 2.24) is 29.6 Å². The molecule has 0 bridgehead atoms. The van der Waals surface area contributed by atoms with Crippen LogP contribution in [0.3, 0.4) is 0 Å². The number of hydrogen-bond acceptors (Lipinski definition) is 8. The van der Waals surface area contributed by atoms with Crippen molar-refractivity contribution in [2.75, 3.05) is 31.1 Å². The second-order valence-corrected chi connectivity index (χ2v) is 6.56. The van der Waals surface area contributed by atoms with E-state index in [1.807, 2.05) is 6.07 Å². The van der Waals surface area contributed by atoms with E-state index in [1.165, 1.54) is 18.7 Å². The Balaban J connectivity index is 1.46. The molecule has 1 saturated heterocycles. The number of aromatic nitrogens is 5. The molecule has 1 aliphatic heterocycles. The van der Waals surface area contributed by atoms with E-state index in [-0.39, 0.29) is 11.6 Å². The predicted molar refractivity (Wildman–Crippen MR) is 103 cm³/mol. The monoisotopic (exact) mass is 394 g/mol. The van der Waals surface area contributed by atoms with Gasteiger partial charge in [-0.2, -0.15) is 5.10 Å². The van der Waals surface area contributed by atoms with Crippen LogP contribution in [0.4, 0.5) is 11.5 Å². The van der Waals surface area contributed by atoms with Gasteiger partial charge in [0, 0.05) is 49.4 Å². The van der Waals surface area contributed by atoms with Crippen LogP contribution in [0.1, 0.15) is 15.9 Å². The van der Waals surface area contributed by atoms with Gasteiger partial charge in [0.1, 0.15) is 24.8 Å². The number of amides is 1. The zero-order valence-electron chi connectivity index (χ0n) is 15.7. The molecule has 0 radical (unpaired) electrons. The number of nitrogens with zero attached hydrogens (tertiary/aromatic N) is 8. The molecule has 0 atom stereocenters. The van der Waals surface area contributed by atoms with Crippen LogP contribution in [0.25, 0.3) is 5.82 Å². The van der Waals surface area contributed by atoms with Crippen molar-refractivity contribution in [3.05, 3.63) is 64.5 Å². The van der Waals surface area contributed by atoms with Crippen LogP contribution in [0.2, 0.25) is 0 Å². The molecular formula is C18H18N8O3. The van der Waals surface area contributed by atoms with Gasteiger partial charge in [0.15, 0.2) is 5.82 Å². The van der Waals surface area contributed by atoms with Crippen LogP contribution < -0.4 is 4.90 Å². The lowest BCUT2D eigenvalue weighted by atomic mass is 10.1. The lowest BCUT2D eigenvalue weighted by Gasteiger charge is -2.35. The van der Waals surface area contributed by atoms with Crippen LogP contribution in [0.5, 0.6) is 0 Å². The molecule has 0 spiro atoms. The number of carbonyl (C=O) groups is 1. The maximum Gasteiger partial charge on any atom is 0.273 e. The lowest BCUT2D eigenvalue weighted by molar-refractivity contribution is -0.385. The summed E-state index contributed by atoms with van der Waals surface area (Å²) in [4.78, 5) is 39.8. The Labute approximate surface area is 165 Å². The van der Waals surface area contributed by atoms with Gasteiger partial charge in [-0.05, 0) is 13.0 Å².